The van der Waals surface area contributed by atoms with E-state index in [0.717, 1.165) is 24.1 Å². The van der Waals surface area contributed by atoms with Crippen molar-refractivity contribution in [2.75, 3.05) is 38.3 Å². The van der Waals surface area contributed by atoms with Crippen LogP contribution < -0.4 is 4.90 Å². The average molecular weight is 278 g/mol. The van der Waals surface area contributed by atoms with Crippen molar-refractivity contribution in [3.8, 4) is 6.07 Å². The number of anilines is 1. The highest BCUT2D eigenvalue weighted by molar-refractivity contribution is 5.58. The van der Waals surface area contributed by atoms with Crippen LogP contribution in [0.4, 0.5) is 5.82 Å². The van der Waals surface area contributed by atoms with Gasteiger partial charge in [-0.3, -0.25) is 0 Å². The molecule has 0 spiro atoms. The van der Waals surface area contributed by atoms with Crippen molar-refractivity contribution in [2.45, 2.75) is 26.7 Å². The molecule has 1 heterocycles. The van der Waals surface area contributed by atoms with Crippen LogP contribution in [0.15, 0.2) is 0 Å². The van der Waals surface area contributed by atoms with Gasteiger partial charge in [-0.15, -0.1) is 5.10 Å². The van der Waals surface area contributed by atoms with Gasteiger partial charge in [0.15, 0.2) is 5.82 Å². The molecule has 6 heteroatoms. The summed E-state index contributed by atoms with van der Waals surface area (Å²) in [6, 6.07) is 2.24. The second-order valence-corrected chi connectivity index (χ2v) is 4.35. The number of aromatic nitrogens is 2. The predicted octanol–water partition coefficient (Wildman–Crippen LogP) is 0.918. The van der Waals surface area contributed by atoms with Crippen molar-refractivity contribution in [2.24, 2.45) is 0 Å². The summed E-state index contributed by atoms with van der Waals surface area (Å²) in [4.78, 5) is 1.84. The zero-order valence-corrected chi connectivity index (χ0v) is 12.4. The summed E-state index contributed by atoms with van der Waals surface area (Å²) in [5.41, 5.74) is 2.37. The Kier molecular flexibility index (Phi) is 6.91. The molecule has 6 nitrogen and oxygen atoms in total. The van der Waals surface area contributed by atoms with Crippen molar-refractivity contribution in [3.05, 3.63) is 16.8 Å². The van der Waals surface area contributed by atoms with E-state index in [1.165, 1.54) is 0 Å². The summed E-state index contributed by atoms with van der Waals surface area (Å²) in [6.45, 7) is 5.47. The standard InChI is InChI=1S/C14H22N4O2/c1-4-11-12(10-15)14(17-16-13(11)5-2)18(6-8-19)7-9-20-3/h19H,4-9H2,1-3H3. The van der Waals surface area contributed by atoms with E-state index >= 15 is 0 Å². The van der Waals surface area contributed by atoms with Crippen LogP contribution in [-0.4, -0.2) is 48.7 Å². The van der Waals surface area contributed by atoms with Gasteiger partial charge in [0.25, 0.3) is 0 Å². The first kappa shape index (κ1) is 16.3. The van der Waals surface area contributed by atoms with Gasteiger partial charge in [0.05, 0.1) is 18.9 Å². The van der Waals surface area contributed by atoms with Gasteiger partial charge in [-0.2, -0.15) is 10.4 Å². The van der Waals surface area contributed by atoms with Crippen LogP contribution in [0.5, 0.6) is 0 Å². The largest absolute Gasteiger partial charge is 0.395 e. The van der Waals surface area contributed by atoms with Crippen molar-refractivity contribution < 1.29 is 9.84 Å². The molecule has 0 unspecified atom stereocenters. The summed E-state index contributed by atoms with van der Waals surface area (Å²) in [7, 11) is 1.62. The Morgan fingerprint density at radius 1 is 1.25 bits per heavy atom. The van der Waals surface area contributed by atoms with Gasteiger partial charge in [0, 0.05) is 20.2 Å². The van der Waals surface area contributed by atoms with E-state index in [2.05, 4.69) is 16.3 Å². The maximum absolute atomic E-state index is 9.45. The second-order valence-electron chi connectivity index (χ2n) is 4.35. The highest BCUT2D eigenvalue weighted by Gasteiger charge is 2.18. The zero-order valence-electron chi connectivity index (χ0n) is 12.4. The molecule has 0 aliphatic carbocycles. The highest BCUT2D eigenvalue weighted by Crippen LogP contribution is 2.23. The Bertz CT molecular complexity index is 471. The fourth-order valence-electron chi connectivity index (χ4n) is 2.15. The number of nitrogens with zero attached hydrogens (tertiary/aromatic N) is 4. The van der Waals surface area contributed by atoms with Crippen molar-refractivity contribution in [3.63, 3.8) is 0 Å². The lowest BCUT2D eigenvalue weighted by Gasteiger charge is -2.24. The van der Waals surface area contributed by atoms with E-state index in [4.69, 9.17) is 4.74 Å². The molecule has 0 saturated carbocycles. The molecule has 0 saturated heterocycles. The number of hydrogen-bond donors (Lipinski definition) is 1. The molecule has 1 rings (SSSR count). The number of aliphatic hydroxyl groups excluding tert-OH is 1. The minimum Gasteiger partial charge on any atom is -0.395 e. The number of aliphatic hydroxyl groups is 1. The Hall–Kier alpha value is -1.71. The highest BCUT2D eigenvalue weighted by atomic mass is 16.5. The first-order chi connectivity index (χ1) is 9.73. The minimum atomic E-state index is -0.00670. The monoisotopic (exact) mass is 278 g/mol. The second kappa shape index (κ2) is 8.46. The Balaban J connectivity index is 3.23. The van der Waals surface area contributed by atoms with Gasteiger partial charge in [0.2, 0.25) is 0 Å². The molecule has 1 aromatic heterocycles. The van der Waals surface area contributed by atoms with Crippen molar-refractivity contribution in [1.82, 2.24) is 10.2 Å². The molecule has 0 bridgehead atoms. The van der Waals surface area contributed by atoms with Crippen molar-refractivity contribution >= 4 is 5.82 Å². The molecule has 110 valence electrons. The SMILES string of the molecule is CCc1nnc(N(CCO)CCOC)c(C#N)c1CC. The summed E-state index contributed by atoms with van der Waals surface area (Å²) in [5.74, 6) is 0.535. The molecule has 0 atom stereocenters. The first-order valence-corrected chi connectivity index (χ1v) is 6.86. The Morgan fingerprint density at radius 2 is 2.00 bits per heavy atom. The van der Waals surface area contributed by atoms with E-state index in [1.54, 1.807) is 7.11 Å². The fourth-order valence-corrected chi connectivity index (χ4v) is 2.15. The number of hydrogen-bond acceptors (Lipinski definition) is 6. The maximum atomic E-state index is 9.45. The molecular weight excluding hydrogens is 256 g/mol. The average Bonchev–Trinajstić information content (AvgIpc) is 2.49. The Labute approximate surface area is 120 Å². The summed E-state index contributed by atoms with van der Waals surface area (Å²) in [5, 5.41) is 27.0. The van der Waals surface area contributed by atoms with Crippen LogP contribution in [0.25, 0.3) is 0 Å². The van der Waals surface area contributed by atoms with Crippen molar-refractivity contribution in [1.29, 1.82) is 5.26 Å². The van der Waals surface area contributed by atoms with Crippen LogP contribution in [0.2, 0.25) is 0 Å². The van der Waals surface area contributed by atoms with Crippen LogP contribution in [0, 0.1) is 11.3 Å². The molecule has 1 aromatic rings. The van der Waals surface area contributed by atoms with Gasteiger partial charge in [-0.25, -0.2) is 0 Å². The quantitative estimate of drug-likeness (QED) is 0.761. The third-order valence-electron chi connectivity index (χ3n) is 3.17. The van der Waals surface area contributed by atoms with E-state index < -0.39 is 0 Å². The van der Waals surface area contributed by atoms with E-state index in [0.29, 0.717) is 31.1 Å². The molecule has 0 fully saturated rings. The molecule has 0 aliphatic heterocycles. The number of nitriles is 1. The molecule has 0 aromatic carbocycles. The van der Waals surface area contributed by atoms with Gasteiger partial charge in [-0.1, -0.05) is 13.8 Å². The molecule has 0 aliphatic rings. The lowest BCUT2D eigenvalue weighted by molar-refractivity contribution is 0.202. The molecule has 0 amide bonds. The minimum absolute atomic E-state index is 0.00670. The van der Waals surface area contributed by atoms with E-state index in [-0.39, 0.29) is 6.61 Å². The topological polar surface area (TPSA) is 82.3 Å². The van der Waals surface area contributed by atoms with Gasteiger partial charge >= 0.3 is 0 Å². The van der Waals surface area contributed by atoms with Crippen LogP contribution in [-0.2, 0) is 17.6 Å². The summed E-state index contributed by atoms with van der Waals surface area (Å²) >= 11 is 0. The molecule has 0 radical (unpaired) electrons. The zero-order chi connectivity index (χ0) is 15.0. The summed E-state index contributed by atoms with van der Waals surface area (Å²) in [6.07, 6.45) is 1.50. The molecule has 20 heavy (non-hydrogen) atoms. The lowest BCUT2D eigenvalue weighted by atomic mass is 10.0. The Morgan fingerprint density at radius 3 is 2.50 bits per heavy atom. The van der Waals surface area contributed by atoms with Crippen LogP contribution in [0.3, 0.4) is 0 Å². The number of methoxy groups -OCH3 is 1. The summed E-state index contributed by atoms with van der Waals surface area (Å²) < 4.78 is 5.06. The fraction of sp³-hybridized carbons (Fsp3) is 0.643. The van der Waals surface area contributed by atoms with Gasteiger partial charge in [0.1, 0.15) is 11.6 Å². The van der Waals surface area contributed by atoms with Gasteiger partial charge in [-0.05, 0) is 18.4 Å². The maximum Gasteiger partial charge on any atom is 0.169 e. The predicted molar refractivity (Wildman–Crippen MR) is 76.7 cm³/mol. The number of rotatable bonds is 8. The van der Waals surface area contributed by atoms with E-state index in [1.807, 2.05) is 18.7 Å². The number of aryl methyl sites for hydroxylation is 1. The van der Waals surface area contributed by atoms with Crippen LogP contribution >= 0.6 is 0 Å². The smallest absolute Gasteiger partial charge is 0.169 e. The molecule has 1 N–H and O–H groups in total. The lowest BCUT2D eigenvalue weighted by Crippen LogP contribution is -2.32. The van der Waals surface area contributed by atoms with Gasteiger partial charge < -0.3 is 14.7 Å². The number of ether oxygens (including phenoxy) is 1. The van der Waals surface area contributed by atoms with Crippen LogP contribution in [0.1, 0.15) is 30.7 Å². The molecular formula is C14H22N4O2. The third kappa shape index (κ3) is 3.65. The third-order valence-corrected chi connectivity index (χ3v) is 3.17. The van der Waals surface area contributed by atoms with E-state index in [9.17, 15) is 10.4 Å². The first-order valence-electron chi connectivity index (χ1n) is 6.86. The normalized spacial score (nSPS) is 10.3.